The Morgan fingerprint density at radius 3 is 1.96 bits per heavy atom. The van der Waals surface area contributed by atoms with Crippen LogP contribution >= 0.6 is 0 Å². The van der Waals surface area contributed by atoms with Crippen molar-refractivity contribution < 1.29 is 9.53 Å². The average Bonchev–Trinajstić information content (AvgIpc) is 2.56. The molecule has 4 heteroatoms. The molecule has 1 atom stereocenters. The van der Waals surface area contributed by atoms with E-state index in [4.69, 9.17) is 10.5 Å². The first kappa shape index (κ1) is 22.7. The summed E-state index contributed by atoms with van der Waals surface area (Å²) in [4.78, 5) is 14.8. The fourth-order valence-corrected chi connectivity index (χ4v) is 3.56. The van der Waals surface area contributed by atoms with Crippen LogP contribution in [0.4, 0.5) is 0 Å². The Balaban J connectivity index is 3.03. The highest BCUT2D eigenvalue weighted by Crippen LogP contribution is 2.31. The van der Waals surface area contributed by atoms with E-state index in [9.17, 15) is 4.79 Å². The highest BCUT2D eigenvalue weighted by molar-refractivity contribution is 5.89. The van der Waals surface area contributed by atoms with Crippen LogP contribution in [0, 0.1) is 5.92 Å². The first-order chi connectivity index (χ1) is 12.0. The highest BCUT2D eigenvalue weighted by atomic mass is 16.6. The number of esters is 1. The van der Waals surface area contributed by atoms with Crippen LogP contribution < -0.4 is 5.73 Å². The molecule has 0 radical (unpaired) electrons. The molecule has 0 saturated carbocycles. The topological polar surface area (TPSA) is 55.6 Å². The average molecular weight is 363 g/mol. The van der Waals surface area contributed by atoms with Crippen molar-refractivity contribution in [2.24, 2.45) is 11.7 Å². The van der Waals surface area contributed by atoms with E-state index in [1.54, 1.807) is 0 Å². The Morgan fingerprint density at radius 2 is 1.62 bits per heavy atom. The molecule has 2 N–H and O–H groups in total. The van der Waals surface area contributed by atoms with Crippen molar-refractivity contribution in [3.8, 4) is 0 Å². The minimum absolute atomic E-state index is 0.184. The van der Waals surface area contributed by atoms with Crippen LogP contribution in [-0.2, 0) is 4.74 Å². The number of likely N-dealkylation sites (N-methyl/N-ethyl adjacent to an activating group) is 1. The minimum Gasteiger partial charge on any atom is -0.455 e. The first-order valence-electron chi connectivity index (χ1n) is 9.73. The quantitative estimate of drug-likeness (QED) is 0.660. The van der Waals surface area contributed by atoms with E-state index in [-0.39, 0.29) is 23.3 Å². The van der Waals surface area contributed by atoms with Crippen LogP contribution in [0.1, 0.15) is 76.2 Å². The molecule has 0 fully saturated rings. The molecule has 26 heavy (non-hydrogen) atoms. The molecular formula is C22H38N2O2. The third kappa shape index (κ3) is 5.55. The molecule has 1 aromatic rings. The van der Waals surface area contributed by atoms with Gasteiger partial charge in [-0.15, -0.1) is 0 Å². The fraction of sp³-hybridized carbons (Fsp3) is 0.682. The monoisotopic (exact) mass is 362 g/mol. The summed E-state index contributed by atoms with van der Waals surface area (Å²) in [5.41, 5.74) is 7.39. The van der Waals surface area contributed by atoms with Gasteiger partial charge in [0.25, 0.3) is 0 Å². The van der Waals surface area contributed by atoms with E-state index < -0.39 is 5.60 Å². The number of hydrogen-bond donors (Lipinski definition) is 1. The Kier molecular flexibility index (Phi) is 7.85. The Bertz CT molecular complexity index is 567. The lowest BCUT2D eigenvalue weighted by atomic mass is 9.82. The zero-order valence-corrected chi connectivity index (χ0v) is 17.9. The molecule has 0 aromatic heterocycles. The number of benzene rings is 1. The van der Waals surface area contributed by atoms with Gasteiger partial charge >= 0.3 is 5.97 Å². The van der Waals surface area contributed by atoms with Gasteiger partial charge in [-0.25, -0.2) is 4.79 Å². The zero-order chi connectivity index (χ0) is 20.1. The smallest absolute Gasteiger partial charge is 0.338 e. The van der Waals surface area contributed by atoms with E-state index in [1.165, 1.54) is 0 Å². The van der Waals surface area contributed by atoms with Crippen LogP contribution in [0.3, 0.4) is 0 Å². The van der Waals surface area contributed by atoms with E-state index in [0.717, 1.165) is 24.9 Å². The summed E-state index contributed by atoms with van der Waals surface area (Å²) < 4.78 is 5.94. The van der Waals surface area contributed by atoms with E-state index in [0.29, 0.717) is 5.56 Å². The van der Waals surface area contributed by atoms with Gasteiger partial charge < -0.3 is 15.4 Å². The van der Waals surface area contributed by atoms with Gasteiger partial charge in [0.2, 0.25) is 0 Å². The van der Waals surface area contributed by atoms with Crippen molar-refractivity contribution in [3.05, 3.63) is 35.4 Å². The number of hydrogen-bond acceptors (Lipinski definition) is 4. The van der Waals surface area contributed by atoms with Gasteiger partial charge in [0, 0.05) is 18.0 Å². The van der Waals surface area contributed by atoms with Crippen molar-refractivity contribution in [2.75, 3.05) is 20.6 Å². The fourth-order valence-electron chi connectivity index (χ4n) is 3.56. The van der Waals surface area contributed by atoms with E-state index in [1.807, 2.05) is 52.2 Å². The lowest BCUT2D eigenvalue weighted by Crippen LogP contribution is -2.43. The van der Waals surface area contributed by atoms with E-state index in [2.05, 4.69) is 32.6 Å². The van der Waals surface area contributed by atoms with Crippen LogP contribution in [-0.4, -0.2) is 42.6 Å². The number of rotatable bonds is 9. The van der Waals surface area contributed by atoms with Gasteiger partial charge in [-0.1, -0.05) is 39.8 Å². The van der Waals surface area contributed by atoms with Gasteiger partial charge in [-0.3, -0.25) is 0 Å². The van der Waals surface area contributed by atoms with Gasteiger partial charge in [0.15, 0.2) is 0 Å². The second kappa shape index (κ2) is 9.01. The lowest BCUT2D eigenvalue weighted by Gasteiger charge is -2.35. The molecular weight excluding hydrogens is 324 g/mol. The summed E-state index contributed by atoms with van der Waals surface area (Å²) in [6, 6.07) is 7.74. The number of carbonyl (C=O) groups excluding carboxylic acids is 1. The van der Waals surface area contributed by atoms with Crippen LogP contribution in [0.2, 0.25) is 0 Å². The predicted octanol–water partition coefficient (Wildman–Crippen LogP) is 4.44. The molecule has 0 saturated heterocycles. The number of nitrogens with two attached hydrogens (primary N) is 1. The molecule has 0 amide bonds. The van der Waals surface area contributed by atoms with Crippen molar-refractivity contribution in [1.29, 1.82) is 0 Å². The van der Waals surface area contributed by atoms with Crippen molar-refractivity contribution in [2.45, 2.75) is 71.4 Å². The van der Waals surface area contributed by atoms with E-state index >= 15 is 0 Å². The number of carbonyl (C=O) groups is 1. The summed E-state index contributed by atoms with van der Waals surface area (Å²) in [5.74, 6) is 0.219. The molecule has 0 bridgehead atoms. The van der Waals surface area contributed by atoms with Crippen molar-refractivity contribution >= 4 is 5.97 Å². The zero-order valence-electron chi connectivity index (χ0n) is 17.9. The molecule has 0 aliphatic heterocycles. The lowest BCUT2D eigenvalue weighted by molar-refractivity contribution is -0.0485. The summed E-state index contributed by atoms with van der Waals surface area (Å²) >= 11 is 0. The highest BCUT2D eigenvalue weighted by Gasteiger charge is 2.34. The van der Waals surface area contributed by atoms with Crippen molar-refractivity contribution in [1.82, 2.24) is 4.90 Å². The van der Waals surface area contributed by atoms with Gasteiger partial charge in [0.1, 0.15) is 5.60 Å². The maximum absolute atomic E-state index is 12.7. The molecule has 4 nitrogen and oxygen atoms in total. The second-order valence-corrected chi connectivity index (χ2v) is 8.57. The Hall–Kier alpha value is -1.39. The normalized spacial score (nSPS) is 14.0. The maximum Gasteiger partial charge on any atom is 0.338 e. The van der Waals surface area contributed by atoms with Crippen LogP contribution in [0.15, 0.2) is 24.3 Å². The Morgan fingerprint density at radius 1 is 1.12 bits per heavy atom. The Labute approximate surface area is 160 Å². The third-order valence-electron chi connectivity index (χ3n) is 5.54. The summed E-state index contributed by atoms with van der Waals surface area (Å²) in [7, 11) is 4.09. The largest absolute Gasteiger partial charge is 0.455 e. The SMILES string of the molecule is CCC(CC)(OC(=O)c1ccc(C(CN(C)C)C(C)(C)N)cc1)C(C)C. The minimum atomic E-state index is -0.400. The van der Waals surface area contributed by atoms with Crippen molar-refractivity contribution in [3.63, 3.8) is 0 Å². The first-order valence-corrected chi connectivity index (χ1v) is 9.73. The number of nitrogens with zero attached hydrogens (tertiary/aromatic N) is 1. The molecule has 1 rings (SSSR count). The molecule has 0 aliphatic rings. The molecule has 0 heterocycles. The molecule has 1 aromatic carbocycles. The molecule has 148 valence electrons. The van der Waals surface area contributed by atoms with Crippen LogP contribution in [0.25, 0.3) is 0 Å². The second-order valence-electron chi connectivity index (χ2n) is 8.57. The number of ether oxygens (including phenoxy) is 1. The summed E-state index contributed by atoms with van der Waals surface area (Å²) in [6.45, 7) is 13.3. The van der Waals surface area contributed by atoms with Gasteiger partial charge in [-0.2, -0.15) is 0 Å². The standard InChI is InChI=1S/C22H38N2O2/c1-9-22(10-2,16(3)4)26-20(25)18-13-11-17(12-14-18)19(15-24(7)8)21(5,6)23/h11-14,16,19H,9-10,15,23H2,1-8H3. The summed E-state index contributed by atoms with van der Waals surface area (Å²) in [6.07, 6.45) is 1.63. The molecule has 0 spiro atoms. The maximum atomic E-state index is 12.7. The van der Waals surface area contributed by atoms with Crippen LogP contribution in [0.5, 0.6) is 0 Å². The summed E-state index contributed by atoms with van der Waals surface area (Å²) in [5, 5.41) is 0. The third-order valence-corrected chi connectivity index (χ3v) is 5.54. The predicted molar refractivity (Wildman–Crippen MR) is 110 cm³/mol. The van der Waals surface area contributed by atoms with Gasteiger partial charge in [0.05, 0.1) is 5.56 Å². The van der Waals surface area contributed by atoms with Gasteiger partial charge in [-0.05, 0) is 64.4 Å². The molecule has 0 aliphatic carbocycles. The molecule has 1 unspecified atom stereocenters.